The van der Waals surface area contributed by atoms with Crippen LogP contribution in [-0.4, -0.2) is 35.2 Å². The molecule has 35 heavy (non-hydrogen) atoms. The molecule has 0 saturated heterocycles. The van der Waals surface area contributed by atoms with E-state index in [0.29, 0.717) is 29.5 Å². The van der Waals surface area contributed by atoms with Gasteiger partial charge in [-0.25, -0.2) is 9.59 Å². The third-order valence-corrected chi connectivity index (χ3v) is 6.14. The van der Waals surface area contributed by atoms with E-state index >= 15 is 0 Å². The highest BCUT2D eigenvalue weighted by Crippen LogP contribution is 2.32. The summed E-state index contributed by atoms with van der Waals surface area (Å²) in [5.74, 6) is -0.149. The van der Waals surface area contributed by atoms with Gasteiger partial charge in [0, 0.05) is 23.6 Å². The van der Waals surface area contributed by atoms with Crippen molar-refractivity contribution in [3.05, 3.63) is 70.9 Å². The van der Waals surface area contributed by atoms with E-state index in [1.807, 2.05) is 88.0 Å². The van der Waals surface area contributed by atoms with E-state index in [-0.39, 0.29) is 17.9 Å². The molecule has 2 amide bonds. The predicted molar refractivity (Wildman–Crippen MR) is 144 cm³/mol. The molecular formula is C27H34N4O3S. The number of aryl methyl sites for hydroxylation is 1. The summed E-state index contributed by atoms with van der Waals surface area (Å²) in [5, 5.41) is 9.64. The molecule has 0 radical (unpaired) electrons. The maximum Gasteiger partial charge on any atom is 0.338 e. The number of nitrogens with zero attached hydrogens (tertiary/aromatic N) is 1. The number of allylic oxidation sites excluding steroid dienone is 1. The summed E-state index contributed by atoms with van der Waals surface area (Å²) in [7, 11) is 0. The normalized spacial score (nSPS) is 15.7. The molecule has 1 heterocycles. The van der Waals surface area contributed by atoms with Crippen LogP contribution in [0, 0.1) is 5.92 Å². The first-order chi connectivity index (χ1) is 16.7. The quantitative estimate of drug-likeness (QED) is 0.327. The van der Waals surface area contributed by atoms with Gasteiger partial charge in [-0.3, -0.25) is 0 Å². The van der Waals surface area contributed by atoms with Gasteiger partial charge < -0.3 is 25.6 Å². The van der Waals surface area contributed by atoms with Crippen molar-refractivity contribution in [3.63, 3.8) is 0 Å². The Kier molecular flexibility index (Phi) is 8.87. The number of para-hydroxylation sites is 1. The number of carbonyl (C=O) groups excluding carboxylic acids is 2. The van der Waals surface area contributed by atoms with Gasteiger partial charge in [-0.15, -0.1) is 0 Å². The molecule has 0 saturated carbocycles. The van der Waals surface area contributed by atoms with Gasteiger partial charge >= 0.3 is 12.0 Å². The molecule has 3 N–H and O–H groups in total. The highest BCUT2D eigenvalue weighted by Gasteiger charge is 2.34. The average molecular weight is 495 g/mol. The maximum absolute atomic E-state index is 13.1. The zero-order chi connectivity index (χ0) is 25.5. The Morgan fingerprint density at radius 3 is 2.54 bits per heavy atom. The summed E-state index contributed by atoms with van der Waals surface area (Å²) in [6.07, 6.45) is 0.815. The standard InChI is InChI=1S/C27H34N4O3S/c1-6-19-11-8-9-14-22(19)29-26(33)28-21-13-10-12-20(15-21)24-23(25(32)34-16-17(3)4)18(5)31(7-2)27(35)30-24/h8-15,17,24H,6-7,16H2,1-5H3,(H,30,35)(H2,28,29,33)/t24-/m1/s1. The first-order valence-corrected chi connectivity index (χ1v) is 12.4. The van der Waals surface area contributed by atoms with Crippen molar-refractivity contribution < 1.29 is 14.3 Å². The Morgan fingerprint density at radius 2 is 1.86 bits per heavy atom. The Hall–Kier alpha value is -3.39. The molecule has 0 fully saturated rings. The number of nitrogens with one attached hydrogen (secondary N) is 3. The second kappa shape index (κ2) is 11.8. The van der Waals surface area contributed by atoms with Crippen LogP contribution in [0.1, 0.15) is 51.8 Å². The average Bonchev–Trinajstić information content (AvgIpc) is 2.83. The number of urea groups is 1. The monoisotopic (exact) mass is 494 g/mol. The molecule has 186 valence electrons. The minimum Gasteiger partial charge on any atom is -0.462 e. The zero-order valence-electron chi connectivity index (χ0n) is 21.0. The van der Waals surface area contributed by atoms with Crippen molar-refractivity contribution in [2.75, 3.05) is 23.8 Å². The molecule has 0 unspecified atom stereocenters. The fourth-order valence-electron chi connectivity index (χ4n) is 4.03. The first kappa shape index (κ1) is 26.2. The van der Waals surface area contributed by atoms with Crippen LogP contribution in [0.3, 0.4) is 0 Å². The van der Waals surface area contributed by atoms with Gasteiger partial charge in [-0.2, -0.15) is 0 Å². The maximum atomic E-state index is 13.1. The van der Waals surface area contributed by atoms with Crippen molar-refractivity contribution in [2.45, 2.75) is 47.1 Å². The lowest BCUT2D eigenvalue weighted by Gasteiger charge is -2.37. The molecule has 0 bridgehead atoms. The smallest absolute Gasteiger partial charge is 0.338 e. The number of hydrogen-bond acceptors (Lipinski definition) is 4. The van der Waals surface area contributed by atoms with Crippen LogP contribution >= 0.6 is 12.2 Å². The number of anilines is 2. The summed E-state index contributed by atoms with van der Waals surface area (Å²) < 4.78 is 5.59. The fraction of sp³-hybridized carbons (Fsp3) is 0.370. The molecule has 1 aliphatic rings. The van der Waals surface area contributed by atoms with E-state index in [9.17, 15) is 9.59 Å². The number of rotatable bonds is 8. The van der Waals surface area contributed by atoms with Crippen molar-refractivity contribution in [3.8, 4) is 0 Å². The number of benzene rings is 2. The molecule has 3 rings (SSSR count). The van der Waals surface area contributed by atoms with Crippen LogP contribution < -0.4 is 16.0 Å². The SMILES string of the molecule is CCc1ccccc1NC(=O)Nc1cccc([C@H]2NC(=S)N(CC)C(C)=C2C(=O)OCC(C)C)c1. The van der Waals surface area contributed by atoms with E-state index in [4.69, 9.17) is 17.0 Å². The number of carbonyl (C=O) groups is 2. The van der Waals surface area contributed by atoms with Crippen LogP contribution in [0.25, 0.3) is 0 Å². The Bertz CT molecular complexity index is 1130. The molecule has 2 aromatic rings. The van der Waals surface area contributed by atoms with Gasteiger partial charge in [0.25, 0.3) is 0 Å². The highest BCUT2D eigenvalue weighted by atomic mass is 32.1. The highest BCUT2D eigenvalue weighted by molar-refractivity contribution is 7.80. The van der Waals surface area contributed by atoms with Crippen molar-refractivity contribution >= 4 is 40.7 Å². The molecular weight excluding hydrogens is 460 g/mol. The summed E-state index contributed by atoms with van der Waals surface area (Å²) >= 11 is 5.57. The molecule has 1 aliphatic heterocycles. The number of ether oxygens (including phenoxy) is 1. The molecule has 0 aliphatic carbocycles. The van der Waals surface area contributed by atoms with Crippen molar-refractivity contribution in [1.82, 2.24) is 10.2 Å². The topological polar surface area (TPSA) is 82.7 Å². The number of amides is 2. The van der Waals surface area contributed by atoms with Gasteiger partial charge in [-0.1, -0.05) is 51.1 Å². The Morgan fingerprint density at radius 1 is 1.11 bits per heavy atom. The van der Waals surface area contributed by atoms with E-state index in [1.54, 1.807) is 0 Å². The Labute approximate surface area is 212 Å². The minimum atomic E-state index is -0.490. The van der Waals surface area contributed by atoms with Gasteiger partial charge in [0.15, 0.2) is 5.11 Å². The number of hydrogen-bond donors (Lipinski definition) is 3. The molecule has 2 aromatic carbocycles. The zero-order valence-corrected chi connectivity index (χ0v) is 21.8. The third kappa shape index (κ3) is 6.39. The van der Waals surface area contributed by atoms with Gasteiger partial charge in [0.2, 0.25) is 0 Å². The summed E-state index contributed by atoms with van der Waals surface area (Å²) in [6, 6.07) is 14.3. The molecule has 1 atom stereocenters. The van der Waals surface area contributed by atoms with Crippen molar-refractivity contribution in [2.24, 2.45) is 5.92 Å². The van der Waals surface area contributed by atoms with Crippen LogP contribution in [-0.2, 0) is 16.0 Å². The van der Waals surface area contributed by atoms with E-state index in [1.165, 1.54) is 0 Å². The van der Waals surface area contributed by atoms with E-state index in [2.05, 4.69) is 16.0 Å². The van der Waals surface area contributed by atoms with E-state index in [0.717, 1.165) is 28.9 Å². The lowest BCUT2D eigenvalue weighted by molar-refractivity contribution is -0.140. The van der Waals surface area contributed by atoms with Crippen molar-refractivity contribution in [1.29, 1.82) is 0 Å². The number of esters is 1. The molecule has 0 aromatic heterocycles. The third-order valence-electron chi connectivity index (χ3n) is 5.80. The largest absolute Gasteiger partial charge is 0.462 e. The molecule has 0 spiro atoms. The van der Waals surface area contributed by atoms with Gasteiger partial charge in [0.05, 0.1) is 18.2 Å². The van der Waals surface area contributed by atoms with Crippen LogP contribution in [0.4, 0.5) is 16.2 Å². The number of thiocarbonyl (C=S) groups is 1. The van der Waals surface area contributed by atoms with Crippen LogP contribution in [0.5, 0.6) is 0 Å². The van der Waals surface area contributed by atoms with Gasteiger partial charge in [0.1, 0.15) is 0 Å². The lowest BCUT2D eigenvalue weighted by Crippen LogP contribution is -2.47. The predicted octanol–water partition coefficient (Wildman–Crippen LogP) is 5.62. The summed E-state index contributed by atoms with van der Waals surface area (Å²) in [6.45, 7) is 10.9. The molecule has 7 nitrogen and oxygen atoms in total. The minimum absolute atomic E-state index is 0.224. The van der Waals surface area contributed by atoms with Gasteiger partial charge in [-0.05, 0) is 67.7 Å². The second-order valence-electron chi connectivity index (χ2n) is 8.83. The second-order valence-corrected chi connectivity index (χ2v) is 9.22. The first-order valence-electron chi connectivity index (χ1n) is 12.0. The Balaban J connectivity index is 1.86. The van der Waals surface area contributed by atoms with Crippen LogP contribution in [0.2, 0.25) is 0 Å². The summed E-state index contributed by atoms with van der Waals surface area (Å²) in [4.78, 5) is 27.7. The molecule has 8 heteroatoms. The van der Waals surface area contributed by atoms with Crippen LogP contribution in [0.15, 0.2) is 59.8 Å². The summed E-state index contributed by atoms with van der Waals surface area (Å²) in [5.41, 5.74) is 4.51. The van der Waals surface area contributed by atoms with E-state index < -0.39 is 6.04 Å². The fourth-order valence-corrected chi connectivity index (χ4v) is 4.41. The lowest BCUT2D eigenvalue weighted by atomic mass is 9.94.